The third-order valence-corrected chi connectivity index (χ3v) is 4.70. The first-order valence-electron chi connectivity index (χ1n) is 8.25. The largest absolute Gasteiger partial charge is 0.260 e. The van der Waals surface area contributed by atoms with Gasteiger partial charge < -0.3 is 0 Å². The van der Waals surface area contributed by atoms with Crippen LogP contribution in [0.5, 0.6) is 0 Å². The molecule has 0 fully saturated rings. The standard InChI is InChI=1S/C21H25N2/c1-13(2)20-11-19-17(12-22-20)7-8-23(6)21(19)18-10-14(3)9-15(4)16(18)5/h7-13H,1-6H3/q+1. The van der Waals surface area contributed by atoms with Gasteiger partial charge in [0.2, 0.25) is 5.69 Å². The van der Waals surface area contributed by atoms with Crippen LogP contribution < -0.4 is 4.57 Å². The van der Waals surface area contributed by atoms with Gasteiger partial charge in [-0.3, -0.25) is 4.98 Å². The number of pyridine rings is 2. The van der Waals surface area contributed by atoms with E-state index in [0.29, 0.717) is 5.92 Å². The maximum atomic E-state index is 4.62. The number of aryl methyl sites for hydroxylation is 3. The van der Waals surface area contributed by atoms with Crippen LogP contribution in [0.1, 0.15) is 42.1 Å². The molecular weight excluding hydrogens is 280 g/mol. The average Bonchev–Trinajstić information content (AvgIpc) is 2.50. The van der Waals surface area contributed by atoms with Crippen molar-refractivity contribution in [2.45, 2.75) is 40.5 Å². The van der Waals surface area contributed by atoms with Crippen LogP contribution in [0.4, 0.5) is 0 Å². The predicted octanol–water partition coefficient (Wildman–Crippen LogP) is 4.77. The second kappa shape index (κ2) is 5.77. The summed E-state index contributed by atoms with van der Waals surface area (Å²) in [5, 5.41) is 2.47. The second-order valence-electron chi connectivity index (χ2n) is 6.88. The highest BCUT2D eigenvalue weighted by molar-refractivity contribution is 5.93. The Hall–Kier alpha value is -2.22. The maximum Gasteiger partial charge on any atom is 0.220 e. The summed E-state index contributed by atoms with van der Waals surface area (Å²) in [5.74, 6) is 0.429. The molecule has 0 unspecified atom stereocenters. The van der Waals surface area contributed by atoms with Crippen LogP contribution in [0.2, 0.25) is 0 Å². The third kappa shape index (κ3) is 2.74. The number of hydrogen-bond acceptors (Lipinski definition) is 1. The minimum atomic E-state index is 0.429. The average molecular weight is 305 g/mol. The molecule has 1 aromatic carbocycles. The molecule has 118 valence electrons. The SMILES string of the molecule is Cc1cc(C)c(C)c(-c2c3cc(C(C)C)ncc3cc[n+]2C)c1. The molecule has 2 aromatic heterocycles. The summed E-state index contributed by atoms with van der Waals surface area (Å²) in [6.45, 7) is 11.0. The maximum absolute atomic E-state index is 4.62. The summed E-state index contributed by atoms with van der Waals surface area (Å²) in [7, 11) is 2.13. The second-order valence-corrected chi connectivity index (χ2v) is 6.88. The normalized spacial score (nSPS) is 11.4. The highest BCUT2D eigenvalue weighted by Crippen LogP contribution is 2.31. The van der Waals surface area contributed by atoms with Crippen molar-refractivity contribution in [2.24, 2.45) is 7.05 Å². The van der Waals surface area contributed by atoms with E-state index in [4.69, 9.17) is 0 Å². The molecule has 0 aliphatic heterocycles. The van der Waals surface area contributed by atoms with E-state index in [-0.39, 0.29) is 0 Å². The lowest BCUT2D eigenvalue weighted by Crippen LogP contribution is -2.31. The number of fused-ring (bicyclic) bond motifs is 1. The van der Waals surface area contributed by atoms with E-state index in [0.717, 1.165) is 5.69 Å². The number of aromatic nitrogens is 2. The summed E-state index contributed by atoms with van der Waals surface area (Å²) in [5.41, 5.74) is 7.73. The van der Waals surface area contributed by atoms with E-state index in [1.54, 1.807) is 0 Å². The molecular formula is C21H25N2+. The van der Waals surface area contributed by atoms with Crippen LogP contribution in [-0.4, -0.2) is 4.98 Å². The fourth-order valence-corrected chi connectivity index (χ4v) is 3.21. The monoisotopic (exact) mass is 305 g/mol. The van der Waals surface area contributed by atoms with Crippen LogP contribution in [-0.2, 0) is 7.05 Å². The Morgan fingerprint density at radius 2 is 1.78 bits per heavy atom. The zero-order valence-corrected chi connectivity index (χ0v) is 14.9. The lowest BCUT2D eigenvalue weighted by atomic mass is 9.94. The first-order chi connectivity index (χ1) is 10.9. The molecule has 0 bridgehead atoms. The van der Waals surface area contributed by atoms with Crippen LogP contribution in [0.25, 0.3) is 22.0 Å². The van der Waals surface area contributed by atoms with Crippen molar-refractivity contribution in [3.63, 3.8) is 0 Å². The minimum Gasteiger partial charge on any atom is -0.260 e. The van der Waals surface area contributed by atoms with Gasteiger partial charge in [0.05, 0.1) is 10.9 Å². The molecule has 0 atom stereocenters. The number of hydrogen-bond donors (Lipinski definition) is 0. The Bertz CT molecular complexity index is 892. The molecule has 2 nitrogen and oxygen atoms in total. The van der Waals surface area contributed by atoms with Gasteiger partial charge in [0.25, 0.3) is 0 Å². The Balaban J connectivity index is 2.41. The Kier molecular flexibility index (Phi) is 3.93. The van der Waals surface area contributed by atoms with Crippen LogP contribution in [0.15, 0.2) is 36.7 Å². The van der Waals surface area contributed by atoms with Crippen molar-refractivity contribution in [1.82, 2.24) is 4.98 Å². The lowest BCUT2D eigenvalue weighted by Gasteiger charge is -2.12. The number of nitrogens with zero attached hydrogens (tertiary/aromatic N) is 2. The van der Waals surface area contributed by atoms with E-state index in [1.807, 2.05) is 6.20 Å². The number of benzene rings is 1. The molecule has 0 saturated heterocycles. The van der Waals surface area contributed by atoms with Gasteiger partial charge in [-0.15, -0.1) is 0 Å². The molecule has 23 heavy (non-hydrogen) atoms. The molecule has 3 aromatic rings. The van der Waals surface area contributed by atoms with Gasteiger partial charge in [-0.05, 0) is 49.9 Å². The summed E-state index contributed by atoms with van der Waals surface area (Å²) in [6.07, 6.45) is 4.14. The lowest BCUT2D eigenvalue weighted by molar-refractivity contribution is -0.659. The van der Waals surface area contributed by atoms with Crippen LogP contribution >= 0.6 is 0 Å². The van der Waals surface area contributed by atoms with Crippen molar-refractivity contribution < 1.29 is 4.57 Å². The van der Waals surface area contributed by atoms with Gasteiger partial charge in [0, 0.05) is 23.3 Å². The van der Waals surface area contributed by atoms with Gasteiger partial charge in [-0.2, -0.15) is 0 Å². The van der Waals surface area contributed by atoms with Crippen LogP contribution in [0.3, 0.4) is 0 Å². The van der Waals surface area contributed by atoms with Gasteiger partial charge >= 0.3 is 0 Å². The Labute approximate surface area is 138 Å². The summed E-state index contributed by atoms with van der Waals surface area (Å²) < 4.78 is 2.23. The quantitative estimate of drug-likeness (QED) is 0.623. The third-order valence-electron chi connectivity index (χ3n) is 4.70. The zero-order chi connectivity index (χ0) is 16.7. The van der Waals surface area contributed by atoms with E-state index < -0.39 is 0 Å². The molecule has 0 radical (unpaired) electrons. The van der Waals surface area contributed by atoms with E-state index in [2.05, 4.69) is 81.7 Å². The van der Waals surface area contributed by atoms with Crippen molar-refractivity contribution in [3.05, 3.63) is 59.0 Å². The smallest absolute Gasteiger partial charge is 0.220 e. The molecule has 0 amide bonds. The van der Waals surface area contributed by atoms with Crippen molar-refractivity contribution in [1.29, 1.82) is 0 Å². The topological polar surface area (TPSA) is 16.8 Å². The number of rotatable bonds is 2. The summed E-state index contributed by atoms with van der Waals surface area (Å²) >= 11 is 0. The van der Waals surface area contributed by atoms with Gasteiger partial charge in [0.15, 0.2) is 6.20 Å². The Morgan fingerprint density at radius 1 is 1.04 bits per heavy atom. The highest BCUT2D eigenvalue weighted by atomic mass is 14.9. The first kappa shape index (κ1) is 15.7. The predicted molar refractivity (Wildman–Crippen MR) is 96.7 cm³/mol. The van der Waals surface area contributed by atoms with Gasteiger partial charge in [-0.1, -0.05) is 25.5 Å². The van der Waals surface area contributed by atoms with Crippen molar-refractivity contribution in [3.8, 4) is 11.3 Å². The van der Waals surface area contributed by atoms with Gasteiger partial charge in [0.1, 0.15) is 7.05 Å². The molecule has 0 aliphatic carbocycles. The highest BCUT2D eigenvalue weighted by Gasteiger charge is 2.19. The molecule has 2 heterocycles. The summed E-state index contributed by atoms with van der Waals surface area (Å²) in [6, 6.07) is 8.96. The molecule has 0 saturated carbocycles. The molecule has 0 aliphatic rings. The summed E-state index contributed by atoms with van der Waals surface area (Å²) in [4.78, 5) is 4.62. The van der Waals surface area contributed by atoms with E-state index >= 15 is 0 Å². The minimum absolute atomic E-state index is 0.429. The molecule has 2 heteroatoms. The van der Waals surface area contributed by atoms with E-state index in [9.17, 15) is 0 Å². The van der Waals surface area contributed by atoms with Crippen molar-refractivity contribution >= 4 is 10.8 Å². The molecule has 0 N–H and O–H groups in total. The van der Waals surface area contributed by atoms with Gasteiger partial charge in [-0.25, -0.2) is 4.57 Å². The fraction of sp³-hybridized carbons (Fsp3) is 0.333. The van der Waals surface area contributed by atoms with Crippen molar-refractivity contribution in [2.75, 3.05) is 0 Å². The van der Waals surface area contributed by atoms with Crippen LogP contribution in [0, 0.1) is 20.8 Å². The Morgan fingerprint density at radius 3 is 2.48 bits per heavy atom. The molecule has 0 spiro atoms. The first-order valence-corrected chi connectivity index (χ1v) is 8.25. The zero-order valence-electron chi connectivity index (χ0n) is 14.9. The molecule has 3 rings (SSSR count). The van der Waals surface area contributed by atoms with E-state index in [1.165, 1.54) is 38.7 Å². The fourth-order valence-electron chi connectivity index (χ4n) is 3.21.